The number of H-pyrrole nitrogens is 1. The minimum atomic E-state index is -0.954. The van der Waals surface area contributed by atoms with E-state index in [1.165, 1.54) is 63.2 Å². The highest BCUT2D eigenvalue weighted by Crippen LogP contribution is 2.43. The molecule has 0 saturated carbocycles. The number of methoxy groups -OCH3 is 7. The second-order valence-corrected chi connectivity index (χ2v) is 29.1. The Morgan fingerprint density at radius 3 is 1.20 bits per heavy atom. The normalized spacial score (nSPS) is 11.4. The summed E-state index contributed by atoms with van der Waals surface area (Å²) >= 11 is 0. The van der Waals surface area contributed by atoms with Crippen molar-refractivity contribution in [2.45, 2.75) is 20.4 Å². The van der Waals surface area contributed by atoms with Crippen LogP contribution in [0.1, 0.15) is 12.6 Å². The second kappa shape index (κ2) is 33.0. The van der Waals surface area contributed by atoms with Crippen LogP contribution in [0.25, 0.3) is 155 Å². The molecule has 0 spiro atoms. The molecule has 127 heavy (non-hydrogen) atoms. The van der Waals surface area contributed by atoms with Crippen LogP contribution in [0.15, 0.2) is 191 Å². The van der Waals surface area contributed by atoms with Gasteiger partial charge in [-0.05, 0) is 44.2 Å². The lowest BCUT2D eigenvalue weighted by molar-refractivity contribution is 0.408. The van der Waals surface area contributed by atoms with Crippen LogP contribution < -0.4 is 55.9 Å². The standard InChI is InChI=1S/C23H22N6O3.2C22H19FN6O3.C21H16F2N6O2/c1-5-28-13-14(10-26-28)15-8-16-17(9-20(15)31-3)25-11-19-22(16)29(23(30)27(19)2)18-6-7-24-12-21(18)32-4;2*1-27-11-12(8-26-27)14-6-15-17(7-19(14)32-4)24-10-18-20(15)29(22(30)28(18)2)21-16(23)5-13(31-3)9-25-21;1-10-14(9-28(2)27-10)12-5-13-16(6-18(12)31-3)24-8-17-19(13)29(21(30)26-17)20-15(23)4-11(22)7-25-20/h6-13H,5H2,1-4H3;2*5-11H,1-4H3;4-9H,1-3H3,(H,26,30). The maximum absolute atomic E-state index is 14.9. The van der Waals surface area contributed by atoms with Crippen LogP contribution in [0, 0.1) is 30.2 Å². The number of nitrogens with one attached hydrogen (secondary N) is 1. The minimum absolute atomic E-state index is 0.118. The Bertz CT molecular complexity index is 7850. The van der Waals surface area contributed by atoms with Crippen LogP contribution in [-0.2, 0) is 48.8 Å². The van der Waals surface area contributed by atoms with Crippen molar-refractivity contribution < 1.29 is 50.7 Å². The number of fused-ring (bicyclic) bond motifs is 12. The summed E-state index contributed by atoms with van der Waals surface area (Å²) in [6.45, 7) is 4.68. The molecule has 4 aromatic carbocycles. The number of aromatic nitrogens is 24. The van der Waals surface area contributed by atoms with Crippen molar-refractivity contribution in [2.75, 3.05) is 49.8 Å². The number of aryl methyl sites for hydroxylation is 8. The van der Waals surface area contributed by atoms with E-state index in [9.17, 15) is 36.7 Å². The second-order valence-electron chi connectivity index (χ2n) is 29.1. The molecule has 0 radical (unpaired) electrons. The molecule has 1 N–H and O–H groups in total. The number of halogens is 4. The third kappa shape index (κ3) is 14.4. The predicted molar refractivity (Wildman–Crippen MR) is 466 cm³/mol. The largest absolute Gasteiger partial charge is 0.496 e. The summed E-state index contributed by atoms with van der Waals surface area (Å²) in [6.07, 6.45) is 26.0. The number of rotatable bonds is 16. The molecule has 16 aromatic heterocycles. The van der Waals surface area contributed by atoms with Gasteiger partial charge in [0.15, 0.2) is 40.7 Å². The zero-order valence-electron chi connectivity index (χ0n) is 70.7. The SMILES string of the molecule is CCn1cc(-c2cc3c(cc2OC)ncc2c3n(-c3ccncc3OC)c(=O)n2C)cn1.COc1cc2ncc3[nH]c(=O)n(-c4ncc(F)cc4F)c3c2cc1-c1cn(C)nc1C.COc1cnc(-n2c(=O)n(C)c3cnc4cc(OC)c(-c5cnn(C)c5)cc4c32)c(F)c1.COc1cnc(-n2c(=O)n(C)c3cnc4cc(OC)c(-c5cnn(C)c5)cc4c32)c(F)c1. The van der Waals surface area contributed by atoms with E-state index in [1.54, 1.807) is 148 Å². The van der Waals surface area contributed by atoms with E-state index in [4.69, 9.17) is 33.2 Å². The first-order chi connectivity index (χ1) is 61.3. The highest BCUT2D eigenvalue weighted by molar-refractivity contribution is 6.09. The summed E-state index contributed by atoms with van der Waals surface area (Å²) in [5.41, 5.74) is 13.0. The zero-order chi connectivity index (χ0) is 89.4. The summed E-state index contributed by atoms with van der Waals surface area (Å²) < 4.78 is 112. The molecule has 642 valence electrons. The minimum Gasteiger partial charge on any atom is -0.496 e. The number of ether oxygens (including phenoxy) is 7. The molecule has 16 heterocycles. The molecule has 0 fully saturated rings. The average Bonchev–Trinajstić information content (AvgIpc) is 1.60. The van der Waals surface area contributed by atoms with Gasteiger partial charge in [0.2, 0.25) is 0 Å². The fraction of sp³-hybridized carbons (Fsp3) is 0.182. The Kier molecular flexibility index (Phi) is 21.5. The number of pyridine rings is 8. The van der Waals surface area contributed by atoms with Crippen molar-refractivity contribution in [3.05, 3.63) is 243 Å². The van der Waals surface area contributed by atoms with Gasteiger partial charge in [-0.1, -0.05) is 0 Å². The average molecular weight is 1720 g/mol. The quantitative estimate of drug-likeness (QED) is 0.0878. The first kappa shape index (κ1) is 82.7. The number of hydrogen-bond donors (Lipinski definition) is 1. The van der Waals surface area contributed by atoms with Crippen molar-refractivity contribution in [1.29, 1.82) is 0 Å². The first-order valence-electron chi connectivity index (χ1n) is 38.9. The van der Waals surface area contributed by atoms with E-state index >= 15 is 0 Å². The lowest BCUT2D eigenvalue weighted by Crippen LogP contribution is -2.22. The number of benzene rings is 4. The highest BCUT2D eigenvalue weighted by Gasteiger charge is 2.28. The first-order valence-corrected chi connectivity index (χ1v) is 38.9. The highest BCUT2D eigenvalue weighted by atomic mass is 19.1. The van der Waals surface area contributed by atoms with E-state index in [0.29, 0.717) is 117 Å². The maximum Gasteiger partial charge on any atom is 0.334 e. The van der Waals surface area contributed by atoms with E-state index < -0.39 is 40.3 Å². The number of hydrogen-bond acceptors (Lipinski definition) is 23. The molecule has 0 bridgehead atoms. The van der Waals surface area contributed by atoms with Gasteiger partial charge in [0.05, 0.1) is 196 Å². The fourth-order valence-electron chi connectivity index (χ4n) is 15.6. The van der Waals surface area contributed by atoms with Gasteiger partial charge in [-0.15, -0.1) is 0 Å². The smallest absolute Gasteiger partial charge is 0.334 e. The molecule has 0 aliphatic rings. The van der Waals surface area contributed by atoms with Gasteiger partial charge in [-0.25, -0.2) is 65.4 Å². The molecule has 0 saturated heterocycles. The van der Waals surface area contributed by atoms with Crippen molar-refractivity contribution in [3.63, 3.8) is 0 Å². The van der Waals surface area contributed by atoms with Gasteiger partial charge in [-0.3, -0.25) is 61.9 Å². The summed E-state index contributed by atoms with van der Waals surface area (Å²) in [6, 6.07) is 19.6. The lowest BCUT2D eigenvalue weighted by Gasteiger charge is -2.12. The van der Waals surface area contributed by atoms with Crippen molar-refractivity contribution in [1.82, 2.24) is 116 Å². The molecular weight excluding hydrogens is 1650 g/mol. The topological polar surface area (TPSA) is 358 Å². The van der Waals surface area contributed by atoms with Gasteiger partial charge in [-0.2, -0.15) is 20.4 Å². The van der Waals surface area contributed by atoms with Gasteiger partial charge in [0.1, 0.15) is 40.3 Å². The van der Waals surface area contributed by atoms with Crippen LogP contribution >= 0.6 is 0 Å². The van der Waals surface area contributed by atoms with Gasteiger partial charge in [0.25, 0.3) is 0 Å². The van der Waals surface area contributed by atoms with Crippen LogP contribution in [0.4, 0.5) is 17.6 Å². The molecule has 39 heteroatoms. The zero-order valence-corrected chi connectivity index (χ0v) is 70.7. The monoisotopic (exact) mass is 1720 g/mol. The fourth-order valence-corrected chi connectivity index (χ4v) is 15.6. The Morgan fingerprint density at radius 1 is 0.378 bits per heavy atom. The molecule has 0 unspecified atom stereocenters. The van der Waals surface area contributed by atoms with Crippen LogP contribution in [0.2, 0.25) is 0 Å². The van der Waals surface area contributed by atoms with Crippen molar-refractivity contribution in [3.8, 4) is 108 Å². The molecule has 0 atom stereocenters. The number of imidazole rings is 4. The van der Waals surface area contributed by atoms with E-state index in [2.05, 4.69) is 65.3 Å². The summed E-state index contributed by atoms with van der Waals surface area (Å²) in [5.74, 6) is -0.182. The van der Waals surface area contributed by atoms with Crippen LogP contribution in [-0.4, -0.2) is 166 Å². The Hall–Kier alpha value is -16.6. The molecule has 0 aliphatic heterocycles. The summed E-state index contributed by atoms with van der Waals surface area (Å²) in [4.78, 5) is 89.2. The Labute approximate surface area is 714 Å². The van der Waals surface area contributed by atoms with Crippen molar-refractivity contribution in [2.24, 2.45) is 42.3 Å². The third-order valence-electron chi connectivity index (χ3n) is 21.8. The molecule has 35 nitrogen and oxygen atoms in total. The number of aromatic amines is 1. The lowest BCUT2D eigenvalue weighted by atomic mass is 10.0. The molecule has 20 rings (SSSR count). The van der Waals surface area contributed by atoms with E-state index in [0.717, 1.165) is 78.4 Å². The Balaban J connectivity index is 0.000000119. The third-order valence-corrected chi connectivity index (χ3v) is 21.8. The van der Waals surface area contributed by atoms with Gasteiger partial charge >= 0.3 is 22.8 Å². The predicted octanol–water partition coefficient (Wildman–Crippen LogP) is 12.1. The van der Waals surface area contributed by atoms with Gasteiger partial charge in [0, 0.05) is 188 Å². The number of nitrogens with zero attached hydrogens (tertiary/aromatic N) is 23. The Morgan fingerprint density at radius 2 is 0.787 bits per heavy atom. The van der Waals surface area contributed by atoms with E-state index in [1.807, 2.05) is 101 Å². The van der Waals surface area contributed by atoms with Crippen LogP contribution in [0.5, 0.6) is 40.2 Å². The van der Waals surface area contributed by atoms with Crippen molar-refractivity contribution >= 4 is 87.7 Å². The maximum atomic E-state index is 14.9. The molecule has 20 aromatic rings. The van der Waals surface area contributed by atoms with Gasteiger partial charge < -0.3 is 38.1 Å². The molecular formula is C88H76F4N24O11. The molecule has 0 amide bonds. The van der Waals surface area contributed by atoms with E-state index in [-0.39, 0.29) is 34.6 Å². The molecule has 0 aliphatic carbocycles. The summed E-state index contributed by atoms with van der Waals surface area (Å²) in [5, 5.41) is 19.9. The van der Waals surface area contributed by atoms with Crippen LogP contribution in [0.3, 0.4) is 0 Å². The summed E-state index contributed by atoms with van der Waals surface area (Å²) in [7, 11) is 21.2.